The normalized spacial score (nSPS) is 22.7. The molecule has 1 aliphatic heterocycles. The van der Waals surface area contributed by atoms with E-state index in [4.69, 9.17) is 25.2 Å². The van der Waals surface area contributed by atoms with Gasteiger partial charge in [-0.1, -0.05) is 42.5 Å². The van der Waals surface area contributed by atoms with Crippen LogP contribution in [0.4, 0.5) is 0 Å². The molecule has 0 aromatic heterocycles. The summed E-state index contributed by atoms with van der Waals surface area (Å²) in [5, 5.41) is 13.6. The predicted octanol–water partition coefficient (Wildman–Crippen LogP) is 5.55. The molecule has 37 heavy (non-hydrogen) atoms. The van der Waals surface area contributed by atoms with Gasteiger partial charge in [0.15, 0.2) is 17.3 Å². The van der Waals surface area contributed by atoms with Crippen molar-refractivity contribution in [3.8, 4) is 11.5 Å². The molecule has 0 spiro atoms. The number of hydrogen-bond acceptors (Lipinski definition) is 7. The third-order valence-corrected chi connectivity index (χ3v) is 7.81. The average molecular weight is 508 g/mol. The largest absolute Gasteiger partial charge is 0.493 e. The van der Waals surface area contributed by atoms with Gasteiger partial charge in [0.1, 0.15) is 6.04 Å². The van der Waals surface area contributed by atoms with Gasteiger partial charge in [-0.25, -0.2) is 0 Å². The lowest BCUT2D eigenvalue weighted by atomic mass is 9.87. The smallest absolute Gasteiger partial charge is 0.191 e. The minimum absolute atomic E-state index is 0.182. The minimum atomic E-state index is -0.277. The van der Waals surface area contributed by atoms with Crippen LogP contribution >= 0.6 is 0 Å². The highest BCUT2D eigenvalue weighted by Crippen LogP contribution is 2.40. The summed E-state index contributed by atoms with van der Waals surface area (Å²) in [5.41, 5.74) is 2.33. The predicted molar refractivity (Wildman–Crippen MR) is 146 cm³/mol. The van der Waals surface area contributed by atoms with Crippen LogP contribution in [-0.4, -0.2) is 57.8 Å². The summed E-state index contributed by atoms with van der Waals surface area (Å²) in [4.78, 5) is 2.40. The van der Waals surface area contributed by atoms with Crippen molar-refractivity contribution >= 4 is 5.84 Å². The minimum Gasteiger partial charge on any atom is -0.493 e. The van der Waals surface area contributed by atoms with E-state index in [1.807, 2.05) is 18.2 Å². The zero-order valence-corrected chi connectivity index (χ0v) is 22.4. The van der Waals surface area contributed by atoms with E-state index in [2.05, 4.69) is 45.4 Å². The molecule has 8 nitrogen and oxygen atoms in total. The standard InChI is InChI=1S/C29H41N5O3/c1-35-20-21-12-14-24(15-13-21)32-33-29(31-30)27(25-10-7-11-26(36-2)28(25)37-3)34-18-16-23(17-19-34)22-8-5-4-6-9-22/h4-11,21,23-24,27H,12-20,30H2,1-3H3/b31-29-,33-32?. The van der Waals surface area contributed by atoms with Gasteiger partial charge in [0, 0.05) is 19.3 Å². The second-order valence-electron chi connectivity index (χ2n) is 10.0. The Hall–Kier alpha value is -2.97. The Bertz CT molecular complexity index is 1030. The fraction of sp³-hybridized carbons (Fsp3) is 0.552. The molecule has 2 N–H and O–H groups in total. The van der Waals surface area contributed by atoms with Crippen LogP contribution in [0.1, 0.15) is 61.6 Å². The van der Waals surface area contributed by atoms with Gasteiger partial charge in [-0.05, 0) is 75.1 Å². The molecule has 4 rings (SSSR count). The number of rotatable bonds is 9. The van der Waals surface area contributed by atoms with Crippen LogP contribution in [-0.2, 0) is 4.74 Å². The summed E-state index contributed by atoms with van der Waals surface area (Å²) in [6, 6.07) is 16.6. The number of hydrogen-bond donors (Lipinski definition) is 1. The van der Waals surface area contributed by atoms with Gasteiger partial charge in [-0.3, -0.25) is 4.90 Å². The third kappa shape index (κ3) is 6.67. The molecular weight excluding hydrogens is 466 g/mol. The summed E-state index contributed by atoms with van der Waals surface area (Å²) >= 11 is 0. The maximum Gasteiger partial charge on any atom is 0.191 e. The summed E-state index contributed by atoms with van der Waals surface area (Å²) in [6.45, 7) is 2.60. The molecule has 1 unspecified atom stereocenters. The van der Waals surface area contributed by atoms with Crippen LogP contribution in [0.2, 0.25) is 0 Å². The number of ether oxygens (including phenoxy) is 3. The summed E-state index contributed by atoms with van der Waals surface area (Å²) < 4.78 is 16.8. The highest BCUT2D eigenvalue weighted by atomic mass is 16.5. The van der Waals surface area contributed by atoms with Crippen molar-refractivity contribution in [1.29, 1.82) is 0 Å². The number of nitrogens with two attached hydrogens (primary N) is 1. The van der Waals surface area contributed by atoms with E-state index in [0.29, 0.717) is 29.2 Å². The Morgan fingerprint density at radius 2 is 1.65 bits per heavy atom. The molecule has 2 aromatic carbocycles. The molecule has 2 aliphatic rings. The van der Waals surface area contributed by atoms with Crippen LogP contribution in [0, 0.1) is 5.92 Å². The molecule has 1 saturated carbocycles. The first-order chi connectivity index (χ1) is 18.2. The summed E-state index contributed by atoms with van der Waals surface area (Å²) in [7, 11) is 5.09. The number of piperidine rings is 1. The van der Waals surface area contributed by atoms with Gasteiger partial charge in [0.2, 0.25) is 0 Å². The fourth-order valence-corrected chi connectivity index (χ4v) is 5.80. The molecular formula is C29H41N5O3. The zero-order valence-electron chi connectivity index (χ0n) is 22.4. The Kier molecular flexibility index (Phi) is 9.91. The molecule has 0 amide bonds. The number of methoxy groups -OCH3 is 3. The van der Waals surface area contributed by atoms with E-state index in [-0.39, 0.29) is 12.1 Å². The van der Waals surface area contributed by atoms with E-state index in [9.17, 15) is 0 Å². The van der Waals surface area contributed by atoms with Gasteiger partial charge in [-0.2, -0.15) is 10.2 Å². The van der Waals surface area contributed by atoms with E-state index in [1.54, 1.807) is 21.3 Å². The fourth-order valence-electron chi connectivity index (χ4n) is 5.80. The molecule has 200 valence electrons. The first-order valence-electron chi connectivity index (χ1n) is 13.4. The lowest BCUT2D eigenvalue weighted by molar-refractivity contribution is 0.127. The highest BCUT2D eigenvalue weighted by Gasteiger charge is 2.33. The molecule has 1 heterocycles. The Morgan fingerprint density at radius 3 is 2.27 bits per heavy atom. The van der Waals surface area contributed by atoms with Crippen molar-refractivity contribution in [2.45, 2.75) is 56.5 Å². The van der Waals surface area contributed by atoms with E-state index < -0.39 is 0 Å². The van der Waals surface area contributed by atoms with Crippen molar-refractivity contribution in [3.05, 3.63) is 59.7 Å². The van der Waals surface area contributed by atoms with Gasteiger partial charge in [0.05, 0.1) is 20.3 Å². The first kappa shape index (κ1) is 27.1. The molecule has 1 saturated heterocycles. The molecule has 1 atom stereocenters. The van der Waals surface area contributed by atoms with E-state index in [1.165, 1.54) is 5.56 Å². The van der Waals surface area contributed by atoms with Crippen molar-refractivity contribution < 1.29 is 14.2 Å². The molecule has 0 radical (unpaired) electrons. The number of benzene rings is 2. The third-order valence-electron chi connectivity index (χ3n) is 7.81. The molecule has 0 bridgehead atoms. The average Bonchev–Trinajstić information content (AvgIpc) is 2.96. The van der Waals surface area contributed by atoms with Gasteiger partial charge >= 0.3 is 0 Å². The number of amidine groups is 1. The van der Waals surface area contributed by atoms with Gasteiger partial charge in [0.25, 0.3) is 0 Å². The highest BCUT2D eigenvalue weighted by molar-refractivity contribution is 5.89. The summed E-state index contributed by atoms with van der Waals surface area (Å²) in [6.07, 6.45) is 6.31. The first-order valence-corrected chi connectivity index (χ1v) is 13.4. The lowest BCUT2D eigenvalue weighted by Crippen LogP contribution is -2.40. The topological polar surface area (TPSA) is 94.0 Å². The van der Waals surface area contributed by atoms with Gasteiger partial charge in [-0.15, -0.1) is 5.11 Å². The monoisotopic (exact) mass is 507 g/mol. The van der Waals surface area contributed by atoms with Crippen molar-refractivity contribution in [2.24, 2.45) is 27.1 Å². The van der Waals surface area contributed by atoms with Crippen LogP contribution in [0.15, 0.2) is 63.9 Å². The number of para-hydroxylation sites is 1. The second kappa shape index (κ2) is 13.5. The number of hydrazone groups is 1. The van der Waals surface area contributed by atoms with E-state index >= 15 is 0 Å². The second-order valence-corrected chi connectivity index (χ2v) is 10.0. The number of nitrogens with zero attached hydrogens (tertiary/aromatic N) is 4. The number of azo groups is 1. The Labute approximate surface area is 220 Å². The van der Waals surface area contributed by atoms with Crippen molar-refractivity contribution in [2.75, 3.05) is 41.0 Å². The lowest BCUT2D eigenvalue weighted by Gasteiger charge is -2.37. The van der Waals surface area contributed by atoms with Crippen LogP contribution in [0.25, 0.3) is 0 Å². The maximum absolute atomic E-state index is 5.99. The number of likely N-dealkylation sites (tertiary alicyclic amines) is 1. The van der Waals surface area contributed by atoms with E-state index in [0.717, 1.165) is 63.8 Å². The van der Waals surface area contributed by atoms with Crippen molar-refractivity contribution in [3.63, 3.8) is 0 Å². The molecule has 8 heteroatoms. The Balaban J connectivity index is 1.57. The zero-order chi connectivity index (χ0) is 26.0. The van der Waals surface area contributed by atoms with Crippen LogP contribution in [0.5, 0.6) is 11.5 Å². The molecule has 1 aliphatic carbocycles. The maximum atomic E-state index is 5.99. The molecule has 2 aromatic rings. The Morgan fingerprint density at radius 1 is 0.919 bits per heavy atom. The van der Waals surface area contributed by atoms with Crippen molar-refractivity contribution in [1.82, 2.24) is 4.90 Å². The SMILES string of the molecule is COCC1CCC(N=N/C(=N\N)C(c2cccc(OC)c2OC)N2CCC(c3ccccc3)CC2)CC1. The van der Waals surface area contributed by atoms with Crippen LogP contribution in [0.3, 0.4) is 0 Å². The van der Waals surface area contributed by atoms with Crippen LogP contribution < -0.4 is 15.3 Å². The van der Waals surface area contributed by atoms with Gasteiger partial charge < -0.3 is 20.1 Å². The molecule has 2 fully saturated rings. The quantitative estimate of drug-likeness (QED) is 0.158. The summed E-state index contributed by atoms with van der Waals surface area (Å²) in [5.74, 6) is 8.99.